The van der Waals surface area contributed by atoms with Gasteiger partial charge in [0.15, 0.2) is 0 Å². The molecule has 0 aromatic heterocycles. The minimum absolute atomic E-state index is 0.0109. The fourth-order valence-corrected chi connectivity index (χ4v) is 3.67. The third-order valence-electron chi connectivity index (χ3n) is 2.60. The van der Waals surface area contributed by atoms with Gasteiger partial charge in [0.05, 0.1) is 24.4 Å². The first-order valence-corrected chi connectivity index (χ1v) is 9.53. The molecule has 0 spiro atoms. The van der Waals surface area contributed by atoms with E-state index in [9.17, 15) is 4.57 Å². The average Bonchev–Trinajstić information content (AvgIpc) is 2.40. The molecule has 1 aromatic rings. The number of phosphoric ester groups is 1. The normalized spacial score (nSPS) is 12.6. The van der Waals surface area contributed by atoms with Gasteiger partial charge in [0.25, 0.3) is 0 Å². The van der Waals surface area contributed by atoms with Crippen LogP contribution in [-0.2, 0) is 24.7 Å². The number of rotatable bonds is 5. The lowest BCUT2D eigenvalue weighted by atomic mass is 10.1. The monoisotopic (exact) mass is 368 g/mol. The molecule has 0 aliphatic heterocycles. The van der Waals surface area contributed by atoms with Crippen LogP contribution in [0.2, 0.25) is 0 Å². The van der Waals surface area contributed by atoms with Crippen LogP contribution >= 0.6 is 7.82 Å². The fourth-order valence-electron chi connectivity index (χ4n) is 1.89. The maximum absolute atomic E-state index is 13.1. The molecule has 0 radical (unpaired) electrons. The van der Waals surface area contributed by atoms with Crippen molar-refractivity contribution < 1.29 is 18.1 Å². The van der Waals surface area contributed by atoms with Gasteiger partial charge in [-0.3, -0.25) is 13.6 Å². The molecule has 7 heteroatoms. The predicted molar refractivity (Wildman–Crippen MR) is 101 cm³/mol. The highest BCUT2D eigenvalue weighted by atomic mass is 31.2. The van der Waals surface area contributed by atoms with Crippen molar-refractivity contribution in [2.24, 2.45) is 5.73 Å². The molecule has 0 unspecified atom stereocenters. The van der Waals surface area contributed by atoms with Crippen molar-refractivity contribution >= 4 is 13.5 Å². The summed E-state index contributed by atoms with van der Waals surface area (Å²) >= 11 is 0. The summed E-state index contributed by atoms with van der Waals surface area (Å²) in [6.45, 7) is 10.9. The van der Waals surface area contributed by atoms with E-state index in [4.69, 9.17) is 25.0 Å². The molecule has 0 saturated carbocycles. The van der Waals surface area contributed by atoms with Crippen molar-refractivity contribution in [2.75, 3.05) is 12.3 Å². The van der Waals surface area contributed by atoms with Crippen LogP contribution in [0.15, 0.2) is 18.2 Å². The maximum atomic E-state index is 13.1. The molecular formula is C18H29N2O4P. The van der Waals surface area contributed by atoms with Crippen LogP contribution in [-0.4, -0.2) is 17.7 Å². The molecule has 0 saturated heterocycles. The van der Waals surface area contributed by atoms with Gasteiger partial charge in [-0.05, 0) is 65.3 Å². The second-order valence-corrected chi connectivity index (χ2v) is 9.07. The lowest BCUT2D eigenvalue weighted by Crippen LogP contribution is -2.24. The zero-order valence-electron chi connectivity index (χ0n) is 15.9. The quantitative estimate of drug-likeness (QED) is 0.466. The molecule has 0 heterocycles. The Balaban J connectivity index is 3.07. The van der Waals surface area contributed by atoms with E-state index in [2.05, 4.69) is 11.8 Å². The highest BCUT2D eigenvalue weighted by molar-refractivity contribution is 7.48. The van der Waals surface area contributed by atoms with E-state index in [1.807, 2.05) is 0 Å². The molecule has 0 fully saturated rings. The second kappa shape index (κ2) is 8.35. The molecule has 0 atom stereocenters. The van der Waals surface area contributed by atoms with E-state index in [1.165, 1.54) is 0 Å². The molecule has 0 bridgehead atoms. The van der Waals surface area contributed by atoms with Gasteiger partial charge in [-0.2, -0.15) is 0 Å². The molecule has 0 aliphatic carbocycles. The molecule has 4 N–H and O–H groups in total. The van der Waals surface area contributed by atoms with Crippen molar-refractivity contribution in [2.45, 2.75) is 59.4 Å². The molecule has 0 aliphatic rings. The summed E-state index contributed by atoms with van der Waals surface area (Å²) < 4.78 is 29.9. The molecule has 0 amide bonds. The van der Waals surface area contributed by atoms with Crippen LogP contribution in [0, 0.1) is 11.8 Å². The van der Waals surface area contributed by atoms with Gasteiger partial charge in [0.2, 0.25) is 0 Å². The van der Waals surface area contributed by atoms with Gasteiger partial charge in [-0.25, -0.2) is 4.57 Å². The van der Waals surface area contributed by atoms with E-state index in [0.29, 0.717) is 16.8 Å². The Morgan fingerprint density at radius 3 is 2.12 bits per heavy atom. The van der Waals surface area contributed by atoms with Gasteiger partial charge in [-0.1, -0.05) is 11.8 Å². The van der Waals surface area contributed by atoms with Crippen LogP contribution in [0.1, 0.15) is 52.7 Å². The number of hydrogen-bond acceptors (Lipinski definition) is 6. The summed E-state index contributed by atoms with van der Waals surface area (Å²) in [5.41, 5.74) is 11.8. The van der Waals surface area contributed by atoms with Crippen molar-refractivity contribution in [3.8, 4) is 11.8 Å². The maximum Gasteiger partial charge on any atom is 0.476 e. The number of benzene rings is 1. The van der Waals surface area contributed by atoms with Crippen molar-refractivity contribution in [1.29, 1.82) is 0 Å². The number of nitrogen functional groups attached to an aromatic ring is 1. The zero-order chi connectivity index (χ0) is 19.3. The summed E-state index contributed by atoms with van der Waals surface area (Å²) in [5.74, 6) is 5.74. The number of anilines is 1. The lowest BCUT2D eigenvalue weighted by molar-refractivity contribution is 0.000843. The summed E-state index contributed by atoms with van der Waals surface area (Å²) in [4.78, 5) is 0. The van der Waals surface area contributed by atoms with Crippen molar-refractivity contribution in [3.63, 3.8) is 0 Å². The standard InChI is InChI=1S/C18H29N2O4P/c1-17(2,3)23-25(21,24-18(4,5)6)22-13-15-12-16(20)10-9-14(15)8-7-11-19/h9-10,12H,11,13,19-20H2,1-6H3. The summed E-state index contributed by atoms with van der Waals surface area (Å²) in [6, 6.07) is 5.23. The number of phosphoric acid groups is 1. The minimum atomic E-state index is -3.80. The molecule has 25 heavy (non-hydrogen) atoms. The van der Waals surface area contributed by atoms with Crippen LogP contribution in [0.3, 0.4) is 0 Å². The number of hydrogen-bond donors (Lipinski definition) is 2. The molecular weight excluding hydrogens is 339 g/mol. The van der Waals surface area contributed by atoms with E-state index >= 15 is 0 Å². The fraction of sp³-hybridized carbons (Fsp3) is 0.556. The highest BCUT2D eigenvalue weighted by Gasteiger charge is 2.37. The van der Waals surface area contributed by atoms with E-state index in [1.54, 1.807) is 59.7 Å². The number of nitrogens with two attached hydrogens (primary N) is 2. The summed E-state index contributed by atoms with van der Waals surface area (Å²) in [7, 11) is -3.80. The Bertz CT molecular complexity index is 674. The molecule has 1 rings (SSSR count). The molecule has 140 valence electrons. The SMILES string of the molecule is CC(C)(C)OP(=O)(OCc1cc(N)ccc1C#CCN)OC(C)(C)C. The van der Waals surface area contributed by atoms with Gasteiger partial charge in [0, 0.05) is 11.3 Å². The largest absolute Gasteiger partial charge is 0.476 e. The Hall–Kier alpha value is -1.35. The zero-order valence-corrected chi connectivity index (χ0v) is 16.8. The predicted octanol–water partition coefficient (Wildman–Crippen LogP) is 3.83. The van der Waals surface area contributed by atoms with Crippen molar-refractivity contribution in [1.82, 2.24) is 0 Å². The first kappa shape index (κ1) is 21.7. The van der Waals surface area contributed by atoms with Gasteiger partial charge in [-0.15, -0.1) is 0 Å². The van der Waals surface area contributed by atoms with Gasteiger partial charge >= 0.3 is 7.82 Å². The topological polar surface area (TPSA) is 96.8 Å². The minimum Gasteiger partial charge on any atom is -0.399 e. The van der Waals surface area contributed by atoms with Crippen LogP contribution in [0.4, 0.5) is 5.69 Å². The Morgan fingerprint density at radius 1 is 1.08 bits per heavy atom. The van der Waals surface area contributed by atoms with Gasteiger partial charge in [0.1, 0.15) is 0 Å². The molecule has 1 aromatic carbocycles. The smallest absolute Gasteiger partial charge is 0.399 e. The molecule has 6 nitrogen and oxygen atoms in total. The lowest BCUT2D eigenvalue weighted by Gasteiger charge is -2.31. The van der Waals surface area contributed by atoms with E-state index in [-0.39, 0.29) is 13.2 Å². The average molecular weight is 368 g/mol. The first-order chi connectivity index (χ1) is 11.3. The first-order valence-electron chi connectivity index (χ1n) is 8.07. The van der Waals surface area contributed by atoms with Crippen LogP contribution < -0.4 is 11.5 Å². The highest BCUT2D eigenvalue weighted by Crippen LogP contribution is 2.56. The third kappa shape index (κ3) is 8.53. The Labute approximate surface area is 150 Å². The van der Waals surface area contributed by atoms with Crippen LogP contribution in [0.25, 0.3) is 0 Å². The second-order valence-electron chi connectivity index (χ2n) is 7.55. The van der Waals surface area contributed by atoms with Crippen LogP contribution in [0.5, 0.6) is 0 Å². The van der Waals surface area contributed by atoms with E-state index in [0.717, 1.165) is 0 Å². The third-order valence-corrected chi connectivity index (χ3v) is 4.59. The van der Waals surface area contributed by atoms with Crippen molar-refractivity contribution in [3.05, 3.63) is 29.3 Å². The summed E-state index contributed by atoms with van der Waals surface area (Å²) in [5, 5.41) is 0. The van der Waals surface area contributed by atoms with E-state index < -0.39 is 19.0 Å². The Morgan fingerprint density at radius 2 is 1.64 bits per heavy atom. The summed E-state index contributed by atoms with van der Waals surface area (Å²) in [6.07, 6.45) is 0. The Kier molecular flexibility index (Phi) is 7.25. The van der Waals surface area contributed by atoms with Gasteiger partial charge < -0.3 is 11.5 Å².